The van der Waals surface area contributed by atoms with E-state index in [4.69, 9.17) is 10.2 Å². The van der Waals surface area contributed by atoms with Crippen molar-refractivity contribution in [2.45, 2.75) is 51.7 Å². The third-order valence-electron chi connectivity index (χ3n) is 3.48. The van der Waals surface area contributed by atoms with E-state index in [-0.39, 0.29) is 0 Å². The molecule has 0 aromatic carbocycles. The van der Waals surface area contributed by atoms with Crippen LogP contribution >= 0.6 is 0 Å². The number of furan rings is 1. The van der Waals surface area contributed by atoms with Crippen LogP contribution in [-0.2, 0) is 13.0 Å². The number of nitrogens with two attached hydrogens (primary N) is 1. The van der Waals surface area contributed by atoms with Crippen molar-refractivity contribution < 1.29 is 4.42 Å². The molecule has 1 aliphatic heterocycles. The van der Waals surface area contributed by atoms with Gasteiger partial charge in [0.2, 0.25) is 0 Å². The molecule has 16 heavy (non-hydrogen) atoms. The number of aryl methyl sites for hydroxylation is 1. The van der Waals surface area contributed by atoms with Gasteiger partial charge in [0.15, 0.2) is 0 Å². The maximum atomic E-state index is 5.96. The summed E-state index contributed by atoms with van der Waals surface area (Å²) in [5.74, 6) is 2.16. The predicted octanol–water partition coefficient (Wildman–Crippen LogP) is 2.15. The number of likely N-dealkylation sites (tertiary alicyclic amines) is 1. The molecule has 2 N–H and O–H groups in total. The van der Waals surface area contributed by atoms with Crippen molar-refractivity contribution in [1.82, 2.24) is 4.90 Å². The molecule has 0 spiro atoms. The summed E-state index contributed by atoms with van der Waals surface area (Å²) in [6, 6.07) is 5.13. The van der Waals surface area contributed by atoms with Gasteiger partial charge < -0.3 is 10.2 Å². The topological polar surface area (TPSA) is 42.4 Å². The van der Waals surface area contributed by atoms with Gasteiger partial charge in [0.25, 0.3) is 0 Å². The first-order chi connectivity index (χ1) is 7.69. The second-order valence-corrected chi connectivity index (χ2v) is 4.83. The van der Waals surface area contributed by atoms with E-state index in [1.165, 1.54) is 0 Å². The highest BCUT2D eigenvalue weighted by molar-refractivity contribution is 5.07. The molecule has 2 atom stereocenters. The van der Waals surface area contributed by atoms with E-state index >= 15 is 0 Å². The van der Waals surface area contributed by atoms with Crippen LogP contribution in [0.3, 0.4) is 0 Å². The zero-order chi connectivity index (χ0) is 11.5. The lowest BCUT2D eigenvalue weighted by atomic mass is 9.99. The molecule has 1 aromatic rings. The van der Waals surface area contributed by atoms with Crippen molar-refractivity contribution >= 4 is 0 Å². The highest BCUT2D eigenvalue weighted by Crippen LogP contribution is 2.19. The minimum atomic E-state index is 0.383. The van der Waals surface area contributed by atoms with Gasteiger partial charge >= 0.3 is 0 Å². The first-order valence-corrected chi connectivity index (χ1v) is 6.26. The van der Waals surface area contributed by atoms with E-state index in [9.17, 15) is 0 Å². The van der Waals surface area contributed by atoms with Gasteiger partial charge in [-0.2, -0.15) is 0 Å². The maximum absolute atomic E-state index is 5.96. The molecule has 2 heterocycles. The smallest absolute Gasteiger partial charge is 0.118 e. The van der Waals surface area contributed by atoms with Crippen LogP contribution in [-0.4, -0.2) is 23.5 Å². The van der Waals surface area contributed by atoms with Gasteiger partial charge in [0.1, 0.15) is 11.5 Å². The summed E-state index contributed by atoms with van der Waals surface area (Å²) in [6.07, 6.45) is 3.17. The fourth-order valence-electron chi connectivity index (χ4n) is 2.39. The van der Waals surface area contributed by atoms with Crippen molar-refractivity contribution in [3.8, 4) is 0 Å². The number of rotatable bonds is 3. The summed E-state index contributed by atoms with van der Waals surface area (Å²) in [4.78, 5) is 2.46. The first kappa shape index (κ1) is 11.7. The third-order valence-corrected chi connectivity index (χ3v) is 3.48. The first-order valence-electron chi connectivity index (χ1n) is 6.26. The van der Waals surface area contributed by atoms with Crippen molar-refractivity contribution in [2.24, 2.45) is 5.73 Å². The summed E-state index contributed by atoms with van der Waals surface area (Å²) in [5, 5.41) is 0. The van der Waals surface area contributed by atoms with E-state index in [1.54, 1.807) is 0 Å². The Hall–Kier alpha value is -0.800. The Labute approximate surface area is 97.6 Å². The minimum absolute atomic E-state index is 0.383. The lowest BCUT2D eigenvalue weighted by Crippen LogP contribution is -2.44. The molecule has 2 unspecified atom stereocenters. The quantitative estimate of drug-likeness (QED) is 0.852. The highest BCUT2D eigenvalue weighted by Gasteiger charge is 2.23. The van der Waals surface area contributed by atoms with E-state index in [0.717, 1.165) is 43.9 Å². The zero-order valence-electron chi connectivity index (χ0n) is 10.3. The number of hydrogen-bond donors (Lipinski definition) is 1. The molecule has 0 bridgehead atoms. The van der Waals surface area contributed by atoms with Crippen LogP contribution in [0.4, 0.5) is 0 Å². The number of nitrogens with zero attached hydrogens (tertiary/aromatic N) is 1. The molecule has 0 amide bonds. The average Bonchev–Trinajstić information content (AvgIpc) is 2.70. The van der Waals surface area contributed by atoms with E-state index in [0.29, 0.717) is 12.1 Å². The molecular formula is C13H22N2O. The lowest BCUT2D eigenvalue weighted by molar-refractivity contribution is 0.129. The molecule has 1 aromatic heterocycles. The van der Waals surface area contributed by atoms with Crippen LogP contribution in [0.5, 0.6) is 0 Å². The molecule has 1 fully saturated rings. The minimum Gasteiger partial charge on any atom is -0.465 e. The van der Waals surface area contributed by atoms with Gasteiger partial charge in [-0.1, -0.05) is 6.92 Å². The Balaban J connectivity index is 1.93. The Morgan fingerprint density at radius 3 is 2.81 bits per heavy atom. The molecule has 0 radical (unpaired) electrons. The largest absolute Gasteiger partial charge is 0.465 e. The Morgan fingerprint density at radius 1 is 1.44 bits per heavy atom. The maximum Gasteiger partial charge on any atom is 0.118 e. The predicted molar refractivity (Wildman–Crippen MR) is 65.2 cm³/mol. The van der Waals surface area contributed by atoms with Gasteiger partial charge in [-0.15, -0.1) is 0 Å². The SMILES string of the molecule is CCc1ccc(CN2CCC(N)CC2C)o1. The van der Waals surface area contributed by atoms with Gasteiger partial charge in [-0.05, 0) is 31.9 Å². The molecule has 0 saturated carbocycles. The van der Waals surface area contributed by atoms with Gasteiger partial charge in [0.05, 0.1) is 6.54 Å². The van der Waals surface area contributed by atoms with Crippen LogP contribution in [0.1, 0.15) is 38.2 Å². The Morgan fingerprint density at radius 2 is 2.19 bits per heavy atom. The molecule has 90 valence electrons. The zero-order valence-corrected chi connectivity index (χ0v) is 10.3. The van der Waals surface area contributed by atoms with Gasteiger partial charge in [-0.3, -0.25) is 4.90 Å². The normalized spacial score (nSPS) is 27.2. The summed E-state index contributed by atoms with van der Waals surface area (Å²) in [5.41, 5.74) is 5.96. The fraction of sp³-hybridized carbons (Fsp3) is 0.692. The van der Waals surface area contributed by atoms with Crippen molar-refractivity contribution in [1.29, 1.82) is 0 Å². The van der Waals surface area contributed by atoms with E-state index < -0.39 is 0 Å². The third kappa shape index (κ3) is 2.66. The van der Waals surface area contributed by atoms with E-state index in [2.05, 4.69) is 30.9 Å². The van der Waals surface area contributed by atoms with Crippen LogP contribution in [0, 0.1) is 0 Å². The highest BCUT2D eigenvalue weighted by atomic mass is 16.3. The summed E-state index contributed by atoms with van der Waals surface area (Å²) < 4.78 is 5.74. The second-order valence-electron chi connectivity index (χ2n) is 4.83. The molecule has 0 aliphatic carbocycles. The molecule has 3 nitrogen and oxygen atoms in total. The van der Waals surface area contributed by atoms with Crippen LogP contribution in [0.25, 0.3) is 0 Å². The second kappa shape index (κ2) is 5.02. The van der Waals surface area contributed by atoms with Crippen LogP contribution in [0.2, 0.25) is 0 Å². The molecular weight excluding hydrogens is 200 g/mol. The summed E-state index contributed by atoms with van der Waals surface area (Å²) in [6.45, 7) is 6.38. The average molecular weight is 222 g/mol. The molecule has 1 aliphatic rings. The van der Waals surface area contributed by atoms with E-state index in [1.807, 2.05) is 0 Å². The van der Waals surface area contributed by atoms with Crippen LogP contribution in [0.15, 0.2) is 16.5 Å². The van der Waals surface area contributed by atoms with Gasteiger partial charge in [0, 0.05) is 25.0 Å². The Kier molecular flexibility index (Phi) is 3.66. The van der Waals surface area contributed by atoms with Crippen molar-refractivity contribution in [3.63, 3.8) is 0 Å². The molecule has 2 rings (SSSR count). The fourth-order valence-corrected chi connectivity index (χ4v) is 2.39. The van der Waals surface area contributed by atoms with Crippen molar-refractivity contribution in [2.75, 3.05) is 6.54 Å². The molecule has 1 saturated heterocycles. The standard InChI is InChI=1S/C13H22N2O/c1-3-12-4-5-13(16-12)9-15-7-6-11(14)8-10(15)2/h4-5,10-11H,3,6-9,14H2,1-2H3. The Bertz CT molecular complexity index is 334. The molecule has 3 heteroatoms. The van der Waals surface area contributed by atoms with Gasteiger partial charge in [-0.25, -0.2) is 0 Å². The number of hydrogen-bond acceptors (Lipinski definition) is 3. The monoisotopic (exact) mass is 222 g/mol. The van der Waals surface area contributed by atoms with Crippen molar-refractivity contribution in [3.05, 3.63) is 23.7 Å². The lowest BCUT2D eigenvalue weighted by Gasteiger charge is -2.35. The number of piperidine rings is 1. The summed E-state index contributed by atoms with van der Waals surface area (Å²) >= 11 is 0. The summed E-state index contributed by atoms with van der Waals surface area (Å²) in [7, 11) is 0. The van der Waals surface area contributed by atoms with Crippen LogP contribution < -0.4 is 5.73 Å².